The minimum Gasteiger partial charge on any atom is -0.478 e. The summed E-state index contributed by atoms with van der Waals surface area (Å²) in [6.45, 7) is 1.95. The summed E-state index contributed by atoms with van der Waals surface area (Å²) in [5, 5.41) is 12.1. The minimum atomic E-state index is -1.04. The van der Waals surface area contributed by atoms with Crippen LogP contribution in [0.1, 0.15) is 49.4 Å². The van der Waals surface area contributed by atoms with Crippen LogP contribution in [-0.4, -0.2) is 17.0 Å². The Bertz CT molecular complexity index is 536. The highest BCUT2D eigenvalue weighted by Crippen LogP contribution is 2.37. The molecule has 0 aromatic heterocycles. The summed E-state index contributed by atoms with van der Waals surface area (Å²) in [5.74, 6) is -1.12. The molecule has 1 aromatic rings. The second-order valence-corrected chi connectivity index (χ2v) is 5.98. The van der Waals surface area contributed by atoms with Crippen molar-refractivity contribution >= 4 is 29.2 Å². The predicted molar refractivity (Wildman–Crippen MR) is 78.2 cm³/mol. The number of anilines is 1. The number of carbonyl (C=O) groups excluding carboxylic acids is 1. The van der Waals surface area contributed by atoms with Gasteiger partial charge in [0.1, 0.15) is 0 Å². The van der Waals surface area contributed by atoms with Crippen LogP contribution >= 0.6 is 11.6 Å². The molecule has 1 aliphatic carbocycles. The van der Waals surface area contributed by atoms with Crippen LogP contribution < -0.4 is 5.32 Å². The molecule has 1 saturated carbocycles. The quantitative estimate of drug-likeness (QED) is 0.887. The van der Waals surface area contributed by atoms with Gasteiger partial charge < -0.3 is 10.4 Å². The number of carboxylic acid groups (broad SMARTS) is 1. The van der Waals surface area contributed by atoms with E-state index in [4.69, 9.17) is 16.7 Å². The van der Waals surface area contributed by atoms with E-state index >= 15 is 0 Å². The number of hydrogen-bond acceptors (Lipinski definition) is 2. The van der Waals surface area contributed by atoms with Gasteiger partial charge in [0, 0.05) is 5.41 Å². The molecule has 0 aliphatic heterocycles. The Morgan fingerprint density at radius 3 is 2.50 bits per heavy atom. The van der Waals surface area contributed by atoms with Crippen LogP contribution in [0, 0.1) is 5.41 Å². The molecule has 0 heterocycles. The molecular weight excluding hydrogens is 278 g/mol. The molecule has 2 N–H and O–H groups in total. The number of amides is 1. The molecule has 1 fully saturated rings. The van der Waals surface area contributed by atoms with Crippen LogP contribution in [0.2, 0.25) is 5.02 Å². The molecule has 1 amide bonds. The van der Waals surface area contributed by atoms with Crippen molar-refractivity contribution in [3.63, 3.8) is 0 Å². The lowest BCUT2D eigenvalue weighted by Crippen LogP contribution is -2.35. The zero-order valence-corrected chi connectivity index (χ0v) is 12.2. The fourth-order valence-corrected chi connectivity index (χ4v) is 2.75. The van der Waals surface area contributed by atoms with Crippen LogP contribution in [-0.2, 0) is 4.79 Å². The molecule has 0 atom stereocenters. The molecule has 0 unspecified atom stereocenters. The standard InChI is InChI=1S/C15H18ClNO3/c1-15(7-3-2-4-8-15)14(20)17-12-9-10(13(18)19)5-6-11(12)16/h5-6,9H,2-4,7-8H2,1H3,(H,17,20)(H,18,19). The van der Waals surface area contributed by atoms with Gasteiger partial charge in [-0.25, -0.2) is 4.79 Å². The van der Waals surface area contributed by atoms with E-state index in [9.17, 15) is 9.59 Å². The summed E-state index contributed by atoms with van der Waals surface area (Å²) in [6, 6.07) is 4.31. The zero-order chi connectivity index (χ0) is 14.8. The van der Waals surface area contributed by atoms with Gasteiger partial charge in [0.25, 0.3) is 0 Å². The zero-order valence-electron chi connectivity index (χ0n) is 11.4. The second-order valence-electron chi connectivity index (χ2n) is 5.58. The van der Waals surface area contributed by atoms with E-state index in [1.165, 1.54) is 18.2 Å². The normalized spacial score (nSPS) is 17.5. The fourth-order valence-electron chi connectivity index (χ4n) is 2.59. The van der Waals surface area contributed by atoms with Crippen molar-refractivity contribution in [3.8, 4) is 0 Å². The number of carboxylic acids is 1. The summed E-state index contributed by atoms with van der Waals surface area (Å²) >= 11 is 6.02. The summed E-state index contributed by atoms with van der Waals surface area (Å²) in [7, 11) is 0. The predicted octanol–water partition coefficient (Wildman–Crippen LogP) is 3.95. The van der Waals surface area contributed by atoms with E-state index in [0.29, 0.717) is 10.7 Å². The van der Waals surface area contributed by atoms with Crippen molar-refractivity contribution < 1.29 is 14.7 Å². The van der Waals surface area contributed by atoms with Crippen molar-refractivity contribution in [1.82, 2.24) is 0 Å². The number of rotatable bonds is 3. The topological polar surface area (TPSA) is 66.4 Å². The Morgan fingerprint density at radius 2 is 1.90 bits per heavy atom. The molecule has 2 rings (SSSR count). The molecular formula is C15H18ClNO3. The Morgan fingerprint density at radius 1 is 1.25 bits per heavy atom. The first-order valence-corrected chi connectivity index (χ1v) is 7.14. The number of aromatic carboxylic acids is 1. The first kappa shape index (κ1) is 14.9. The molecule has 4 nitrogen and oxygen atoms in total. The number of hydrogen-bond donors (Lipinski definition) is 2. The number of nitrogens with one attached hydrogen (secondary N) is 1. The van der Waals surface area contributed by atoms with Crippen LogP contribution in [0.3, 0.4) is 0 Å². The van der Waals surface area contributed by atoms with Gasteiger partial charge in [0.05, 0.1) is 16.3 Å². The van der Waals surface area contributed by atoms with E-state index in [2.05, 4.69) is 5.32 Å². The lowest BCUT2D eigenvalue weighted by molar-refractivity contribution is -0.126. The minimum absolute atomic E-state index is 0.0818. The summed E-state index contributed by atoms with van der Waals surface area (Å²) < 4.78 is 0. The largest absolute Gasteiger partial charge is 0.478 e. The third-order valence-electron chi connectivity index (χ3n) is 3.97. The average molecular weight is 296 g/mol. The van der Waals surface area contributed by atoms with Crippen molar-refractivity contribution in [1.29, 1.82) is 0 Å². The molecule has 0 saturated heterocycles. The Kier molecular flexibility index (Phi) is 4.33. The van der Waals surface area contributed by atoms with Crippen molar-refractivity contribution in [2.24, 2.45) is 5.41 Å². The monoisotopic (exact) mass is 295 g/mol. The van der Waals surface area contributed by atoms with E-state index < -0.39 is 5.97 Å². The SMILES string of the molecule is CC1(C(=O)Nc2cc(C(=O)O)ccc2Cl)CCCCC1. The molecule has 1 aromatic carbocycles. The number of halogens is 1. The summed E-state index contributed by atoms with van der Waals surface area (Å²) in [4.78, 5) is 23.4. The first-order chi connectivity index (χ1) is 9.42. The maximum Gasteiger partial charge on any atom is 0.335 e. The summed E-state index contributed by atoms with van der Waals surface area (Å²) in [5.41, 5.74) is 0.0859. The molecule has 0 radical (unpaired) electrons. The smallest absolute Gasteiger partial charge is 0.335 e. The van der Waals surface area contributed by atoms with Crippen molar-refractivity contribution in [3.05, 3.63) is 28.8 Å². The number of carbonyl (C=O) groups is 2. The highest BCUT2D eigenvalue weighted by atomic mass is 35.5. The van der Waals surface area contributed by atoms with Crippen LogP contribution in [0.25, 0.3) is 0 Å². The lowest BCUT2D eigenvalue weighted by Gasteiger charge is -2.32. The fraction of sp³-hybridized carbons (Fsp3) is 0.467. The Hall–Kier alpha value is -1.55. The molecule has 20 heavy (non-hydrogen) atoms. The van der Waals surface area contributed by atoms with E-state index in [1.807, 2.05) is 6.92 Å². The van der Waals surface area contributed by atoms with Gasteiger partial charge >= 0.3 is 5.97 Å². The van der Waals surface area contributed by atoms with Crippen molar-refractivity contribution in [2.45, 2.75) is 39.0 Å². The van der Waals surface area contributed by atoms with Crippen LogP contribution in [0.15, 0.2) is 18.2 Å². The molecule has 0 bridgehead atoms. The molecule has 0 spiro atoms. The summed E-state index contributed by atoms with van der Waals surface area (Å²) in [6.07, 6.45) is 4.97. The third kappa shape index (κ3) is 3.12. The highest BCUT2D eigenvalue weighted by molar-refractivity contribution is 6.33. The Balaban J connectivity index is 2.18. The lowest BCUT2D eigenvalue weighted by atomic mass is 9.75. The van der Waals surface area contributed by atoms with Gasteiger partial charge in [-0.1, -0.05) is 37.8 Å². The molecule has 108 valence electrons. The number of benzene rings is 1. The molecule has 5 heteroatoms. The van der Waals surface area contributed by atoms with Gasteiger partial charge in [0.2, 0.25) is 5.91 Å². The molecule has 1 aliphatic rings. The van der Waals surface area contributed by atoms with Gasteiger partial charge in [-0.3, -0.25) is 4.79 Å². The Labute approximate surface area is 123 Å². The average Bonchev–Trinajstić information content (AvgIpc) is 2.41. The van der Waals surface area contributed by atoms with Gasteiger partial charge in [0.15, 0.2) is 0 Å². The van der Waals surface area contributed by atoms with Crippen molar-refractivity contribution in [2.75, 3.05) is 5.32 Å². The van der Waals surface area contributed by atoms with Gasteiger partial charge in [-0.15, -0.1) is 0 Å². The van der Waals surface area contributed by atoms with Crippen LogP contribution in [0.5, 0.6) is 0 Å². The van der Waals surface area contributed by atoms with E-state index in [1.54, 1.807) is 0 Å². The van der Waals surface area contributed by atoms with E-state index in [-0.39, 0.29) is 16.9 Å². The van der Waals surface area contributed by atoms with E-state index in [0.717, 1.165) is 32.1 Å². The first-order valence-electron chi connectivity index (χ1n) is 6.77. The van der Waals surface area contributed by atoms with Gasteiger partial charge in [-0.05, 0) is 31.0 Å². The third-order valence-corrected chi connectivity index (χ3v) is 4.30. The highest BCUT2D eigenvalue weighted by Gasteiger charge is 2.34. The maximum atomic E-state index is 12.4. The maximum absolute atomic E-state index is 12.4. The van der Waals surface area contributed by atoms with Crippen LogP contribution in [0.4, 0.5) is 5.69 Å². The second kappa shape index (κ2) is 5.83. The van der Waals surface area contributed by atoms with Gasteiger partial charge in [-0.2, -0.15) is 0 Å².